The van der Waals surface area contributed by atoms with Crippen LogP contribution in [0.2, 0.25) is 0 Å². The fourth-order valence-corrected chi connectivity index (χ4v) is 3.45. The molecule has 0 spiro atoms. The summed E-state index contributed by atoms with van der Waals surface area (Å²) in [5, 5.41) is 20.2. The first-order valence-electron chi connectivity index (χ1n) is 7.41. The van der Waals surface area contributed by atoms with E-state index in [2.05, 4.69) is 15.9 Å². The molecule has 1 aliphatic heterocycles. The van der Waals surface area contributed by atoms with Crippen LogP contribution in [0.25, 0.3) is 0 Å². The summed E-state index contributed by atoms with van der Waals surface area (Å²) in [6, 6.07) is 15.2. The fraction of sp³-hybridized carbons (Fsp3) is 0.278. The molecule has 1 heterocycles. The minimum atomic E-state index is -1.43. The van der Waals surface area contributed by atoms with Crippen molar-refractivity contribution in [3.63, 3.8) is 0 Å². The molecule has 5 heteroatoms. The number of carboxylic acid groups (broad SMARTS) is 1. The number of rotatable bonds is 4. The van der Waals surface area contributed by atoms with Gasteiger partial charge < -0.3 is 14.9 Å². The van der Waals surface area contributed by atoms with Crippen LogP contribution in [0, 0.1) is 0 Å². The first-order chi connectivity index (χ1) is 11.0. The van der Waals surface area contributed by atoms with Crippen LogP contribution in [0.4, 0.5) is 0 Å². The quantitative estimate of drug-likeness (QED) is 0.856. The van der Waals surface area contributed by atoms with Gasteiger partial charge in [-0.25, -0.2) is 0 Å². The van der Waals surface area contributed by atoms with E-state index in [1.54, 1.807) is 12.1 Å². The van der Waals surface area contributed by atoms with E-state index in [1.165, 1.54) is 0 Å². The lowest BCUT2D eigenvalue weighted by molar-refractivity contribution is -0.145. The zero-order valence-corrected chi connectivity index (χ0v) is 14.0. The van der Waals surface area contributed by atoms with E-state index in [4.69, 9.17) is 4.74 Å². The average molecular weight is 377 g/mol. The van der Waals surface area contributed by atoms with Gasteiger partial charge in [0, 0.05) is 22.9 Å². The highest BCUT2D eigenvalue weighted by Crippen LogP contribution is 2.43. The summed E-state index contributed by atoms with van der Waals surface area (Å²) in [4.78, 5) is 11.2. The van der Waals surface area contributed by atoms with Crippen LogP contribution in [0.5, 0.6) is 5.75 Å². The second-order valence-corrected chi connectivity index (χ2v) is 6.79. The second kappa shape index (κ2) is 6.34. The molecule has 120 valence electrons. The van der Waals surface area contributed by atoms with E-state index < -0.39 is 11.6 Å². The van der Waals surface area contributed by atoms with Crippen molar-refractivity contribution >= 4 is 21.9 Å². The molecule has 0 bridgehead atoms. The van der Waals surface area contributed by atoms with Crippen LogP contribution >= 0.6 is 15.9 Å². The molecule has 0 saturated carbocycles. The summed E-state index contributed by atoms with van der Waals surface area (Å²) in [5.41, 5.74) is 0.192. The third-order valence-corrected chi connectivity index (χ3v) is 4.55. The fourth-order valence-electron chi connectivity index (χ4n) is 3.08. The molecule has 2 unspecified atom stereocenters. The van der Waals surface area contributed by atoms with Crippen molar-refractivity contribution in [2.75, 3.05) is 0 Å². The molecule has 0 fully saturated rings. The number of aliphatic carboxylic acids is 1. The summed E-state index contributed by atoms with van der Waals surface area (Å²) < 4.78 is 6.78. The predicted molar refractivity (Wildman–Crippen MR) is 89.5 cm³/mol. The van der Waals surface area contributed by atoms with Crippen molar-refractivity contribution in [3.05, 3.63) is 64.1 Å². The van der Waals surface area contributed by atoms with E-state index in [1.807, 2.05) is 36.4 Å². The van der Waals surface area contributed by atoms with Crippen molar-refractivity contribution in [2.45, 2.75) is 31.0 Å². The lowest BCUT2D eigenvalue weighted by Crippen LogP contribution is -2.41. The molecule has 0 aliphatic carbocycles. The summed E-state index contributed by atoms with van der Waals surface area (Å²) in [6.07, 6.45) is 0.261. The number of fused-ring (bicyclic) bond motifs is 1. The normalized spacial score (nSPS) is 23.0. The van der Waals surface area contributed by atoms with Gasteiger partial charge in [0.25, 0.3) is 0 Å². The van der Waals surface area contributed by atoms with Gasteiger partial charge in [-0.3, -0.25) is 4.79 Å². The molecule has 3 rings (SSSR count). The molecule has 0 amide bonds. The molecule has 2 atom stereocenters. The number of carboxylic acids is 1. The Morgan fingerprint density at radius 2 is 2.00 bits per heavy atom. The molecule has 0 saturated heterocycles. The summed E-state index contributed by atoms with van der Waals surface area (Å²) in [7, 11) is 0. The van der Waals surface area contributed by atoms with Crippen LogP contribution in [-0.2, 0) is 16.8 Å². The summed E-state index contributed by atoms with van der Waals surface area (Å²) in [5.74, 6) is -0.483. The number of hydrogen-bond acceptors (Lipinski definition) is 3. The van der Waals surface area contributed by atoms with Crippen LogP contribution in [0.3, 0.4) is 0 Å². The highest BCUT2D eigenvalue weighted by molar-refractivity contribution is 9.10. The smallest absolute Gasteiger partial charge is 0.306 e. The number of aliphatic hydroxyl groups is 1. The van der Waals surface area contributed by atoms with Gasteiger partial charge in [-0.1, -0.05) is 46.3 Å². The first-order valence-corrected chi connectivity index (χ1v) is 8.20. The number of benzene rings is 2. The van der Waals surface area contributed by atoms with Gasteiger partial charge in [-0.05, 0) is 23.8 Å². The maximum Gasteiger partial charge on any atom is 0.306 e. The van der Waals surface area contributed by atoms with E-state index in [-0.39, 0.29) is 18.9 Å². The van der Waals surface area contributed by atoms with Gasteiger partial charge in [0.1, 0.15) is 17.5 Å². The maximum absolute atomic E-state index is 11.2. The summed E-state index contributed by atoms with van der Waals surface area (Å²) in [6.45, 7) is 0. The third kappa shape index (κ3) is 3.57. The summed E-state index contributed by atoms with van der Waals surface area (Å²) >= 11 is 3.36. The highest BCUT2D eigenvalue weighted by Gasteiger charge is 2.42. The van der Waals surface area contributed by atoms with E-state index in [0.29, 0.717) is 17.7 Å². The van der Waals surface area contributed by atoms with Crippen LogP contribution in [0.15, 0.2) is 53.0 Å². The zero-order valence-electron chi connectivity index (χ0n) is 12.4. The van der Waals surface area contributed by atoms with Crippen LogP contribution in [0.1, 0.15) is 24.0 Å². The molecule has 2 N–H and O–H groups in total. The van der Waals surface area contributed by atoms with Crippen LogP contribution < -0.4 is 4.74 Å². The minimum absolute atomic E-state index is 0.248. The van der Waals surface area contributed by atoms with Crippen molar-refractivity contribution in [1.29, 1.82) is 0 Å². The Hall–Kier alpha value is -1.85. The maximum atomic E-state index is 11.2. The third-order valence-electron chi connectivity index (χ3n) is 4.05. The molecule has 0 radical (unpaired) electrons. The average Bonchev–Trinajstić information content (AvgIpc) is 2.48. The van der Waals surface area contributed by atoms with Gasteiger partial charge in [0.2, 0.25) is 0 Å². The lowest BCUT2D eigenvalue weighted by atomic mass is 9.81. The Bertz CT molecular complexity index is 716. The highest BCUT2D eigenvalue weighted by atomic mass is 79.9. The Labute approximate surface area is 142 Å². The number of carbonyl (C=O) groups is 1. The van der Waals surface area contributed by atoms with E-state index in [0.717, 1.165) is 10.0 Å². The largest absolute Gasteiger partial charge is 0.490 e. The van der Waals surface area contributed by atoms with E-state index >= 15 is 0 Å². The molecular weight excluding hydrogens is 360 g/mol. The van der Waals surface area contributed by atoms with Gasteiger partial charge in [-0.2, -0.15) is 0 Å². The predicted octanol–water partition coefficient (Wildman–Crippen LogP) is 3.51. The SMILES string of the molecule is O=C(O)CC1(O)CC(Cc2ccccc2)Oc2ccc(Br)cc21. The molecule has 2 aromatic carbocycles. The minimum Gasteiger partial charge on any atom is -0.490 e. The van der Waals surface area contributed by atoms with Crippen molar-refractivity contribution < 1.29 is 19.7 Å². The first kappa shape index (κ1) is 16.0. The Kier molecular flexibility index (Phi) is 4.41. The monoisotopic (exact) mass is 376 g/mol. The number of hydrogen-bond donors (Lipinski definition) is 2. The molecule has 0 aromatic heterocycles. The van der Waals surface area contributed by atoms with Crippen molar-refractivity contribution in [2.24, 2.45) is 0 Å². The van der Waals surface area contributed by atoms with Gasteiger partial charge >= 0.3 is 5.97 Å². The second-order valence-electron chi connectivity index (χ2n) is 5.88. The zero-order chi connectivity index (χ0) is 16.4. The van der Waals surface area contributed by atoms with E-state index in [9.17, 15) is 15.0 Å². The van der Waals surface area contributed by atoms with Crippen molar-refractivity contribution in [1.82, 2.24) is 0 Å². The van der Waals surface area contributed by atoms with Crippen LogP contribution in [-0.4, -0.2) is 22.3 Å². The topological polar surface area (TPSA) is 66.8 Å². The number of halogens is 1. The van der Waals surface area contributed by atoms with Gasteiger partial charge in [-0.15, -0.1) is 0 Å². The molecular formula is C18H17BrO4. The lowest BCUT2D eigenvalue weighted by Gasteiger charge is -2.38. The molecule has 1 aliphatic rings. The molecule has 2 aromatic rings. The molecule has 23 heavy (non-hydrogen) atoms. The Balaban J connectivity index is 1.93. The Morgan fingerprint density at radius 3 is 2.70 bits per heavy atom. The Morgan fingerprint density at radius 1 is 1.26 bits per heavy atom. The van der Waals surface area contributed by atoms with Gasteiger partial charge in [0.05, 0.1) is 6.42 Å². The molecule has 4 nitrogen and oxygen atoms in total. The van der Waals surface area contributed by atoms with Crippen molar-refractivity contribution in [3.8, 4) is 5.75 Å². The van der Waals surface area contributed by atoms with Gasteiger partial charge in [0.15, 0.2) is 0 Å². The standard InChI is InChI=1S/C18H17BrO4/c19-13-6-7-16-15(9-13)18(22,11-17(20)21)10-14(23-16)8-12-4-2-1-3-5-12/h1-7,9,14,22H,8,10-11H2,(H,20,21). The number of ether oxygens (including phenoxy) is 1.